The van der Waals surface area contributed by atoms with Gasteiger partial charge in [0.25, 0.3) is 5.88 Å². The third-order valence-corrected chi connectivity index (χ3v) is 3.82. The molecule has 0 aliphatic rings. The molecular weight excluding hydrogens is 328 g/mol. The maximum absolute atomic E-state index is 11.0. The zero-order valence-corrected chi connectivity index (χ0v) is 13.6. The summed E-state index contributed by atoms with van der Waals surface area (Å²) >= 11 is 6.46. The van der Waals surface area contributed by atoms with Crippen LogP contribution in [0.25, 0.3) is 16.9 Å². The Morgan fingerprint density at radius 3 is 2.29 bits per heavy atom. The molecule has 2 aromatic carbocycles. The van der Waals surface area contributed by atoms with Gasteiger partial charge in [0.05, 0.1) is 11.4 Å². The van der Waals surface area contributed by atoms with E-state index in [2.05, 4.69) is 5.10 Å². The van der Waals surface area contributed by atoms with Crippen molar-refractivity contribution >= 4 is 17.6 Å². The number of nitrogens with zero attached hydrogens (tertiary/aromatic N) is 2. The van der Waals surface area contributed by atoms with E-state index in [1.807, 2.05) is 60.7 Å². The number of para-hydroxylation sites is 1. The first-order valence-corrected chi connectivity index (χ1v) is 7.74. The summed E-state index contributed by atoms with van der Waals surface area (Å²) in [4.78, 5) is 11.0. The van der Waals surface area contributed by atoms with Crippen LogP contribution in [0.4, 0.5) is 0 Å². The number of hydrogen-bond donors (Lipinski definition) is 1. The van der Waals surface area contributed by atoms with Crippen LogP contribution in [-0.2, 0) is 4.79 Å². The van der Waals surface area contributed by atoms with E-state index in [-0.39, 0.29) is 10.9 Å². The summed E-state index contributed by atoms with van der Waals surface area (Å²) in [5, 5.41) is 13.7. The van der Waals surface area contributed by atoms with Crippen LogP contribution < -0.4 is 4.74 Å². The largest absolute Gasteiger partial charge is 0.479 e. The lowest BCUT2D eigenvalue weighted by Crippen LogP contribution is -2.23. The van der Waals surface area contributed by atoms with Crippen molar-refractivity contribution in [3.8, 4) is 22.8 Å². The van der Waals surface area contributed by atoms with E-state index in [9.17, 15) is 4.79 Å². The zero-order chi connectivity index (χ0) is 17.1. The van der Waals surface area contributed by atoms with Crippen molar-refractivity contribution in [1.82, 2.24) is 9.78 Å². The molecule has 1 aromatic heterocycles. The highest BCUT2D eigenvalue weighted by Gasteiger charge is 2.23. The quantitative estimate of drug-likeness (QED) is 0.760. The maximum atomic E-state index is 11.0. The molecule has 1 atom stereocenters. The molecule has 6 heteroatoms. The SMILES string of the molecule is CC(Oc1nn(-c2ccccc2)c(-c2ccccc2)c1Cl)C(=O)O. The molecule has 0 bridgehead atoms. The van der Waals surface area contributed by atoms with Gasteiger partial charge in [-0.3, -0.25) is 0 Å². The van der Waals surface area contributed by atoms with Crippen molar-refractivity contribution in [2.75, 3.05) is 0 Å². The van der Waals surface area contributed by atoms with Gasteiger partial charge in [0.15, 0.2) is 6.10 Å². The lowest BCUT2D eigenvalue weighted by molar-refractivity contribution is -0.144. The minimum atomic E-state index is -1.08. The minimum Gasteiger partial charge on any atom is -0.479 e. The van der Waals surface area contributed by atoms with E-state index < -0.39 is 12.1 Å². The van der Waals surface area contributed by atoms with E-state index in [1.165, 1.54) is 6.92 Å². The molecule has 24 heavy (non-hydrogen) atoms. The second-order valence-corrected chi connectivity index (χ2v) is 5.56. The molecule has 0 saturated carbocycles. The van der Waals surface area contributed by atoms with E-state index in [0.717, 1.165) is 11.3 Å². The number of carboxylic acids is 1. The third-order valence-electron chi connectivity index (χ3n) is 3.48. The summed E-state index contributed by atoms with van der Waals surface area (Å²) in [6.45, 7) is 1.43. The highest BCUT2D eigenvalue weighted by atomic mass is 35.5. The minimum absolute atomic E-state index is 0.0919. The number of ether oxygens (including phenoxy) is 1. The Bertz CT molecular complexity index is 847. The van der Waals surface area contributed by atoms with E-state index >= 15 is 0 Å². The highest BCUT2D eigenvalue weighted by Crippen LogP contribution is 2.37. The summed E-state index contributed by atoms with van der Waals surface area (Å²) in [5.41, 5.74) is 2.31. The van der Waals surface area contributed by atoms with E-state index in [4.69, 9.17) is 21.4 Å². The average Bonchev–Trinajstić information content (AvgIpc) is 2.93. The van der Waals surface area contributed by atoms with Gasteiger partial charge in [-0.2, -0.15) is 0 Å². The number of carboxylic acid groups (broad SMARTS) is 1. The van der Waals surface area contributed by atoms with Crippen molar-refractivity contribution in [2.45, 2.75) is 13.0 Å². The van der Waals surface area contributed by atoms with E-state index in [0.29, 0.717) is 5.69 Å². The lowest BCUT2D eigenvalue weighted by atomic mass is 10.1. The first-order valence-electron chi connectivity index (χ1n) is 7.36. The molecule has 0 fully saturated rings. The number of benzene rings is 2. The van der Waals surface area contributed by atoms with Crippen LogP contribution in [0, 0.1) is 0 Å². The fraction of sp³-hybridized carbons (Fsp3) is 0.111. The molecule has 1 heterocycles. The van der Waals surface area contributed by atoms with Crippen LogP contribution in [0.15, 0.2) is 60.7 Å². The lowest BCUT2D eigenvalue weighted by Gasteiger charge is -2.07. The maximum Gasteiger partial charge on any atom is 0.344 e. The predicted octanol–water partition coefficient (Wildman–Crippen LogP) is 4.04. The van der Waals surface area contributed by atoms with Gasteiger partial charge in [-0.15, -0.1) is 5.10 Å². The van der Waals surface area contributed by atoms with Crippen LogP contribution in [0.3, 0.4) is 0 Å². The van der Waals surface area contributed by atoms with Gasteiger partial charge in [-0.05, 0) is 19.1 Å². The van der Waals surface area contributed by atoms with Crippen molar-refractivity contribution in [3.05, 3.63) is 65.7 Å². The van der Waals surface area contributed by atoms with Gasteiger partial charge >= 0.3 is 5.97 Å². The van der Waals surface area contributed by atoms with Gasteiger partial charge in [0.1, 0.15) is 5.02 Å². The van der Waals surface area contributed by atoms with Crippen LogP contribution >= 0.6 is 11.6 Å². The van der Waals surface area contributed by atoms with E-state index in [1.54, 1.807) is 4.68 Å². The van der Waals surface area contributed by atoms with Crippen LogP contribution in [-0.4, -0.2) is 27.0 Å². The summed E-state index contributed by atoms with van der Waals surface area (Å²) in [5.74, 6) is -0.990. The van der Waals surface area contributed by atoms with Crippen LogP contribution in [0.2, 0.25) is 5.02 Å². The fourth-order valence-electron chi connectivity index (χ4n) is 2.27. The van der Waals surface area contributed by atoms with Gasteiger partial charge in [0, 0.05) is 5.56 Å². The van der Waals surface area contributed by atoms with Gasteiger partial charge in [-0.25, -0.2) is 9.48 Å². The Labute approximate surface area is 144 Å². The molecule has 0 aliphatic carbocycles. The number of aromatic nitrogens is 2. The number of aliphatic carboxylic acids is 1. The van der Waals surface area contributed by atoms with Gasteiger partial charge in [0.2, 0.25) is 0 Å². The Kier molecular flexibility index (Phi) is 4.53. The molecule has 0 radical (unpaired) electrons. The average molecular weight is 343 g/mol. The second kappa shape index (κ2) is 6.76. The molecule has 5 nitrogen and oxygen atoms in total. The molecule has 0 spiro atoms. The van der Waals surface area contributed by atoms with Crippen molar-refractivity contribution in [3.63, 3.8) is 0 Å². The smallest absolute Gasteiger partial charge is 0.344 e. The zero-order valence-electron chi connectivity index (χ0n) is 12.9. The summed E-state index contributed by atoms with van der Waals surface area (Å²) in [6, 6.07) is 19.0. The number of carbonyl (C=O) groups is 1. The highest BCUT2D eigenvalue weighted by molar-refractivity contribution is 6.34. The topological polar surface area (TPSA) is 64.4 Å². The van der Waals surface area contributed by atoms with Crippen molar-refractivity contribution in [2.24, 2.45) is 0 Å². The number of hydrogen-bond acceptors (Lipinski definition) is 3. The molecular formula is C18H15ClN2O3. The van der Waals surface area contributed by atoms with Crippen LogP contribution in [0.5, 0.6) is 5.88 Å². The fourth-order valence-corrected chi connectivity index (χ4v) is 2.54. The molecule has 0 saturated heterocycles. The predicted molar refractivity (Wildman–Crippen MR) is 91.7 cm³/mol. The van der Waals surface area contributed by atoms with Crippen molar-refractivity contribution in [1.29, 1.82) is 0 Å². The molecule has 0 aliphatic heterocycles. The number of halogens is 1. The monoisotopic (exact) mass is 342 g/mol. The summed E-state index contributed by atoms with van der Waals surface area (Å²) in [6.07, 6.45) is -1.05. The molecule has 1 N–H and O–H groups in total. The molecule has 3 rings (SSSR count). The molecule has 122 valence electrons. The first kappa shape index (κ1) is 16.1. The Hall–Kier alpha value is -2.79. The Morgan fingerprint density at radius 2 is 1.71 bits per heavy atom. The Balaban J connectivity index is 2.15. The van der Waals surface area contributed by atoms with Crippen LogP contribution in [0.1, 0.15) is 6.92 Å². The molecule has 1 unspecified atom stereocenters. The van der Waals surface area contributed by atoms with Gasteiger partial charge in [-0.1, -0.05) is 60.1 Å². The van der Waals surface area contributed by atoms with Crippen molar-refractivity contribution < 1.29 is 14.6 Å². The normalized spacial score (nSPS) is 11.9. The third kappa shape index (κ3) is 3.12. The number of rotatable bonds is 5. The standard InChI is InChI=1S/C18H15ClN2O3/c1-12(18(22)23)24-17-15(19)16(13-8-4-2-5-9-13)21(20-17)14-10-6-3-7-11-14/h2-12H,1H3,(H,22,23). The second-order valence-electron chi connectivity index (χ2n) is 5.18. The summed E-state index contributed by atoms with van der Waals surface area (Å²) < 4.78 is 7.06. The molecule has 0 amide bonds. The van der Waals surface area contributed by atoms with Gasteiger partial charge < -0.3 is 9.84 Å². The summed E-state index contributed by atoms with van der Waals surface area (Å²) in [7, 11) is 0. The Morgan fingerprint density at radius 1 is 1.12 bits per heavy atom. The molecule has 3 aromatic rings. The first-order chi connectivity index (χ1) is 11.6.